The van der Waals surface area contributed by atoms with Crippen LogP contribution in [0.25, 0.3) is 11.1 Å². The van der Waals surface area contributed by atoms with Gasteiger partial charge in [-0.2, -0.15) is 0 Å². The fourth-order valence-corrected chi connectivity index (χ4v) is 8.81. The summed E-state index contributed by atoms with van der Waals surface area (Å²) in [6.45, 7) is 13.9. The Morgan fingerprint density at radius 2 is 0.588 bits per heavy atom. The van der Waals surface area contributed by atoms with E-state index in [4.69, 9.17) is 13.3 Å². The average molecular weight is 693 g/mol. The molecule has 0 aliphatic heterocycles. The number of benzene rings is 6. The average Bonchev–Trinajstić information content (AvgIpc) is 3.15. The normalized spacial score (nSPS) is 11.4. The molecule has 0 spiro atoms. The quantitative estimate of drug-likeness (QED) is 0.106. The predicted molar refractivity (Wildman–Crippen MR) is 216 cm³/mol. The Labute approximate surface area is 305 Å². The Morgan fingerprint density at radius 3 is 0.843 bits per heavy atom. The summed E-state index contributed by atoms with van der Waals surface area (Å²) in [5.41, 5.74) is 12.6. The third kappa shape index (κ3) is 8.16. The molecular weight excluding hydrogens is 645 g/mol. The Hall–Kier alpha value is -4.98. The van der Waals surface area contributed by atoms with E-state index in [9.17, 15) is 0 Å². The second-order valence-corrected chi connectivity index (χ2v) is 15.2. The maximum absolute atomic E-state index is 6.19. The molecule has 0 atom stereocenters. The van der Waals surface area contributed by atoms with E-state index in [-0.39, 0.29) is 0 Å². The summed E-state index contributed by atoms with van der Waals surface area (Å²) in [7, 11) is -3.02. The van der Waals surface area contributed by atoms with Crippen molar-refractivity contribution in [2.24, 2.45) is 0 Å². The van der Waals surface area contributed by atoms with Crippen molar-refractivity contribution in [3.63, 3.8) is 0 Å². The van der Waals surface area contributed by atoms with Crippen LogP contribution in [0.3, 0.4) is 0 Å². The van der Waals surface area contributed by atoms with Crippen LogP contribution in [0.4, 0.5) is 34.1 Å². The second-order valence-electron chi connectivity index (χ2n) is 12.7. The maximum Gasteiger partial charge on any atom is 0.537 e. The zero-order chi connectivity index (χ0) is 35.8. The highest BCUT2D eigenvalue weighted by Crippen LogP contribution is 2.38. The Morgan fingerprint density at radius 1 is 0.353 bits per heavy atom. The zero-order valence-electron chi connectivity index (χ0n) is 30.6. The van der Waals surface area contributed by atoms with Crippen molar-refractivity contribution in [2.75, 3.05) is 29.6 Å². The van der Waals surface area contributed by atoms with Crippen molar-refractivity contribution in [1.29, 1.82) is 0 Å². The molecule has 0 saturated heterocycles. The van der Waals surface area contributed by atoms with Gasteiger partial charge in [0.25, 0.3) is 0 Å². The second kappa shape index (κ2) is 16.4. The third-order valence-corrected chi connectivity index (χ3v) is 12.0. The van der Waals surface area contributed by atoms with Gasteiger partial charge in [0.05, 0.1) is 0 Å². The summed E-state index contributed by atoms with van der Waals surface area (Å²) < 4.78 is 18.6. The molecule has 0 fully saturated rings. The molecule has 0 amide bonds. The Kier molecular flexibility index (Phi) is 11.5. The molecule has 0 radical (unpaired) electrons. The van der Waals surface area contributed by atoms with E-state index < -0.39 is 8.80 Å². The van der Waals surface area contributed by atoms with Crippen molar-refractivity contribution in [3.8, 4) is 11.1 Å². The van der Waals surface area contributed by atoms with Gasteiger partial charge in [-0.05, 0) is 125 Å². The van der Waals surface area contributed by atoms with Gasteiger partial charge in [-0.3, -0.25) is 0 Å². The molecule has 260 valence electrons. The number of rotatable bonds is 14. The molecule has 51 heavy (non-hydrogen) atoms. The van der Waals surface area contributed by atoms with E-state index in [1.807, 2.05) is 20.8 Å². The molecular formula is C45H48N2O3Si. The van der Waals surface area contributed by atoms with Crippen LogP contribution < -0.4 is 15.0 Å². The minimum atomic E-state index is -3.02. The summed E-state index contributed by atoms with van der Waals surface area (Å²) in [6, 6.07) is 52.1. The third-order valence-electron chi connectivity index (χ3n) is 8.94. The van der Waals surface area contributed by atoms with Crippen molar-refractivity contribution in [1.82, 2.24) is 0 Å². The van der Waals surface area contributed by atoms with E-state index in [1.54, 1.807) is 0 Å². The molecule has 5 nitrogen and oxygen atoms in total. The largest absolute Gasteiger partial charge is 0.537 e. The lowest BCUT2D eigenvalue weighted by molar-refractivity contribution is 0.0859. The molecule has 0 N–H and O–H groups in total. The van der Waals surface area contributed by atoms with Gasteiger partial charge in [0.15, 0.2) is 0 Å². The van der Waals surface area contributed by atoms with Crippen LogP contribution in [0.1, 0.15) is 37.5 Å². The van der Waals surface area contributed by atoms with Crippen molar-refractivity contribution in [3.05, 3.63) is 162 Å². The summed E-state index contributed by atoms with van der Waals surface area (Å²) in [4.78, 5) is 4.59. The Balaban J connectivity index is 1.31. The number of nitrogens with zero attached hydrogens (tertiary/aromatic N) is 2. The number of aryl methyl sites for hydroxylation is 3. The maximum atomic E-state index is 6.19. The first-order valence-electron chi connectivity index (χ1n) is 17.9. The van der Waals surface area contributed by atoms with Crippen LogP contribution in [0.15, 0.2) is 146 Å². The van der Waals surface area contributed by atoms with Crippen molar-refractivity contribution in [2.45, 2.75) is 41.5 Å². The fourth-order valence-electron chi connectivity index (χ4n) is 6.34. The van der Waals surface area contributed by atoms with Crippen molar-refractivity contribution >= 4 is 48.1 Å². The summed E-state index contributed by atoms with van der Waals surface area (Å²) >= 11 is 0. The molecule has 0 saturated carbocycles. The standard InChI is InChI=1S/C45H48N2O3Si/c1-7-48-51(49-8-2,50-9-3)45-32-30-44(31-33-45)47(41-24-14-36(6)15-25-41)43-28-18-38(19-29-43)37-16-26-42(27-17-37)46(39-20-10-34(4)11-21-39)40-22-12-35(5)13-23-40/h10-33H,7-9H2,1-6H3. The zero-order valence-corrected chi connectivity index (χ0v) is 31.6. The smallest absolute Gasteiger partial charge is 0.370 e. The van der Waals surface area contributed by atoms with Gasteiger partial charge in [-0.1, -0.05) is 89.5 Å². The minimum Gasteiger partial charge on any atom is -0.370 e. The first-order valence-corrected chi connectivity index (χ1v) is 19.6. The minimum absolute atomic E-state index is 0.524. The van der Waals surface area contributed by atoms with Gasteiger partial charge in [0.2, 0.25) is 0 Å². The summed E-state index contributed by atoms with van der Waals surface area (Å²) in [5.74, 6) is 0. The molecule has 6 rings (SSSR count). The van der Waals surface area contributed by atoms with Crippen LogP contribution in [0, 0.1) is 20.8 Å². The van der Waals surface area contributed by atoms with Crippen LogP contribution in [-0.2, 0) is 13.3 Å². The van der Waals surface area contributed by atoms with Crippen molar-refractivity contribution < 1.29 is 13.3 Å². The van der Waals surface area contributed by atoms with Gasteiger partial charge in [-0.15, -0.1) is 0 Å². The van der Waals surface area contributed by atoms with E-state index >= 15 is 0 Å². The SMILES string of the molecule is CCO[Si](OCC)(OCC)c1ccc(N(c2ccc(C)cc2)c2ccc(-c3ccc(N(c4ccc(C)cc4)c4ccc(C)cc4)cc3)cc2)cc1. The molecule has 6 aromatic rings. The number of hydrogen-bond acceptors (Lipinski definition) is 5. The van der Waals surface area contributed by atoms with Gasteiger partial charge in [0.1, 0.15) is 0 Å². The molecule has 0 bridgehead atoms. The topological polar surface area (TPSA) is 34.2 Å². The van der Waals surface area contributed by atoms with Crippen LogP contribution >= 0.6 is 0 Å². The first-order chi connectivity index (χ1) is 24.8. The molecule has 6 aromatic carbocycles. The lowest BCUT2D eigenvalue weighted by Crippen LogP contribution is -2.56. The predicted octanol–water partition coefficient (Wildman–Crippen LogP) is 11.5. The highest BCUT2D eigenvalue weighted by Gasteiger charge is 2.43. The van der Waals surface area contributed by atoms with Crippen LogP contribution in [0.2, 0.25) is 0 Å². The number of anilines is 6. The molecule has 0 aliphatic carbocycles. The highest BCUT2D eigenvalue weighted by molar-refractivity contribution is 6.75. The molecule has 0 unspecified atom stereocenters. The fraction of sp³-hybridized carbons (Fsp3) is 0.200. The molecule has 6 heteroatoms. The van der Waals surface area contributed by atoms with E-state index in [0.29, 0.717) is 19.8 Å². The number of hydrogen-bond donors (Lipinski definition) is 0. The van der Waals surface area contributed by atoms with Crippen LogP contribution in [-0.4, -0.2) is 28.6 Å². The van der Waals surface area contributed by atoms with Gasteiger partial charge < -0.3 is 23.1 Å². The highest BCUT2D eigenvalue weighted by atomic mass is 28.4. The van der Waals surface area contributed by atoms with Crippen LogP contribution in [0.5, 0.6) is 0 Å². The van der Waals surface area contributed by atoms with Gasteiger partial charge in [0, 0.05) is 59.1 Å². The van der Waals surface area contributed by atoms with E-state index in [1.165, 1.54) is 16.7 Å². The molecule has 0 heterocycles. The van der Waals surface area contributed by atoms with E-state index in [2.05, 4.69) is 176 Å². The monoisotopic (exact) mass is 692 g/mol. The molecule has 0 aromatic heterocycles. The summed E-state index contributed by atoms with van der Waals surface area (Å²) in [6.07, 6.45) is 0. The summed E-state index contributed by atoms with van der Waals surface area (Å²) in [5, 5.41) is 0.961. The van der Waals surface area contributed by atoms with Gasteiger partial charge >= 0.3 is 8.80 Å². The first kappa shape index (κ1) is 35.8. The van der Waals surface area contributed by atoms with E-state index in [0.717, 1.165) is 50.4 Å². The van der Waals surface area contributed by atoms with Gasteiger partial charge in [-0.25, -0.2) is 0 Å². The lowest BCUT2D eigenvalue weighted by atomic mass is 10.0. The lowest BCUT2D eigenvalue weighted by Gasteiger charge is -2.30. The molecule has 0 aliphatic rings. The Bertz CT molecular complexity index is 1910.